The van der Waals surface area contributed by atoms with E-state index in [9.17, 15) is 18.7 Å². The number of hydrogen-bond donors (Lipinski definition) is 2. The van der Waals surface area contributed by atoms with E-state index in [1.165, 1.54) is 6.92 Å². The highest BCUT2D eigenvalue weighted by Gasteiger charge is 2.23. The van der Waals surface area contributed by atoms with Crippen LogP contribution in [0.1, 0.15) is 33.3 Å². The Bertz CT molecular complexity index is 478. The fourth-order valence-electron chi connectivity index (χ4n) is 1.78. The van der Waals surface area contributed by atoms with Crippen molar-refractivity contribution < 1.29 is 23.4 Å². The van der Waals surface area contributed by atoms with Gasteiger partial charge in [0.15, 0.2) is 0 Å². The van der Waals surface area contributed by atoms with Crippen molar-refractivity contribution in [2.75, 3.05) is 0 Å². The standard InChI is InChI=1S/C15H21F2NO3/c1-9(19)13(18-14(20)21-15(2,3)4)7-10-5-11(16)8-12(17)6-10/h5-6,8-9,13,19H,7H2,1-4H3,(H,18,20)/t9-,13+/m1/s1. The van der Waals surface area contributed by atoms with Gasteiger partial charge in [0.05, 0.1) is 12.1 Å². The molecule has 118 valence electrons. The summed E-state index contributed by atoms with van der Waals surface area (Å²) in [5.41, 5.74) is -0.326. The number of nitrogens with one attached hydrogen (secondary N) is 1. The average molecular weight is 301 g/mol. The summed E-state index contributed by atoms with van der Waals surface area (Å²) in [6.45, 7) is 6.63. The minimum Gasteiger partial charge on any atom is -0.444 e. The van der Waals surface area contributed by atoms with Gasteiger partial charge in [-0.3, -0.25) is 0 Å². The van der Waals surface area contributed by atoms with E-state index in [1.807, 2.05) is 0 Å². The number of carbonyl (C=O) groups excluding carboxylic acids is 1. The SMILES string of the molecule is C[C@@H](O)[C@H](Cc1cc(F)cc(F)c1)NC(=O)OC(C)(C)C. The van der Waals surface area contributed by atoms with Gasteiger partial charge in [0.2, 0.25) is 0 Å². The zero-order valence-corrected chi connectivity index (χ0v) is 12.6. The number of aliphatic hydroxyl groups is 1. The second-order valence-electron chi connectivity index (χ2n) is 5.98. The Hall–Kier alpha value is -1.69. The van der Waals surface area contributed by atoms with Crippen LogP contribution in [-0.4, -0.2) is 28.9 Å². The molecule has 4 nitrogen and oxygen atoms in total. The van der Waals surface area contributed by atoms with Gasteiger partial charge in [0.1, 0.15) is 17.2 Å². The lowest BCUT2D eigenvalue weighted by molar-refractivity contribution is 0.0437. The molecule has 0 saturated heterocycles. The first kappa shape index (κ1) is 17.4. The van der Waals surface area contributed by atoms with E-state index in [1.54, 1.807) is 20.8 Å². The monoisotopic (exact) mass is 301 g/mol. The molecule has 0 aliphatic heterocycles. The molecule has 0 fully saturated rings. The first-order valence-corrected chi connectivity index (χ1v) is 6.69. The number of alkyl carbamates (subject to hydrolysis) is 1. The maximum atomic E-state index is 13.1. The molecule has 1 rings (SSSR count). The van der Waals surface area contributed by atoms with Gasteiger partial charge in [0.25, 0.3) is 0 Å². The van der Waals surface area contributed by atoms with E-state index >= 15 is 0 Å². The largest absolute Gasteiger partial charge is 0.444 e. The van der Waals surface area contributed by atoms with Crippen LogP contribution in [0, 0.1) is 11.6 Å². The van der Waals surface area contributed by atoms with Crippen LogP contribution in [-0.2, 0) is 11.2 Å². The van der Waals surface area contributed by atoms with Gasteiger partial charge in [-0.1, -0.05) is 0 Å². The molecule has 0 saturated carbocycles. The van der Waals surface area contributed by atoms with Crippen LogP contribution in [0.5, 0.6) is 0 Å². The average Bonchev–Trinajstić information content (AvgIpc) is 2.23. The molecule has 0 spiro atoms. The van der Waals surface area contributed by atoms with E-state index in [-0.39, 0.29) is 6.42 Å². The van der Waals surface area contributed by atoms with Crippen LogP contribution >= 0.6 is 0 Å². The van der Waals surface area contributed by atoms with Crippen molar-refractivity contribution in [1.82, 2.24) is 5.32 Å². The lowest BCUT2D eigenvalue weighted by atomic mass is 10.0. The molecular formula is C15H21F2NO3. The Morgan fingerprint density at radius 3 is 2.24 bits per heavy atom. The molecule has 0 heterocycles. The predicted molar refractivity (Wildman–Crippen MR) is 74.9 cm³/mol. The quantitative estimate of drug-likeness (QED) is 0.899. The van der Waals surface area contributed by atoms with E-state index in [0.717, 1.165) is 18.2 Å². The third-order valence-corrected chi connectivity index (χ3v) is 2.66. The number of carbonyl (C=O) groups is 1. The number of benzene rings is 1. The smallest absolute Gasteiger partial charge is 0.407 e. The minimum atomic E-state index is -0.899. The Labute approximate surface area is 123 Å². The third kappa shape index (κ3) is 6.53. The van der Waals surface area contributed by atoms with Gasteiger partial charge in [-0.25, -0.2) is 13.6 Å². The van der Waals surface area contributed by atoms with Gasteiger partial charge in [-0.2, -0.15) is 0 Å². The molecule has 1 aromatic carbocycles. The summed E-state index contributed by atoms with van der Waals surface area (Å²) in [6, 6.07) is 2.38. The summed E-state index contributed by atoms with van der Waals surface area (Å²) in [4.78, 5) is 11.7. The van der Waals surface area contributed by atoms with E-state index < -0.39 is 35.5 Å². The molecule has 0 radical (unpaired) electrons. The number of rotatable bonds is 4. The Kier molecular flexibility index (Phi) is 5.66. The van der Waals surface area contributed by atoms with Gasteiger partial charge in [-0.05, 0) is 51.8 Å². The maximum Gasteiger partial charge on any atom is 0.407 e. The molecule has 2 N–H and O–H groups in total. The summed E-state index contributed by atoms with van der Waals surface area (Å²) in [5.74, 6) is -1.40. The first-order valence-electron chi connectivity index (χ1n) is 6.69. The predicted octanol–water partition coefficient (Wildman–Crippen LogP) is 2.78. The first-order chi connectivity index (χ1) is 9.56. The van der Waals surface area contributed by atoms with E-state index in [0.29, 0.717) is 5.56 Å². The summed E-state index contributed by atoms with van der Waals surface area (Å²) in [5, 5.41) is 12.2. The lowest BCUT2D eigenvalue weighted by Gasteiger charge is -2.25. The normalized spacial score (nSPS) is 14.4. The molecule has 21 heavy (non-hydrogen) atoms. The van der Waals surface area contributed by atoms with Crippen molar-refractivity contribution in [3.05, 3.63) is 35.4 Å². The highest BCUT2D eigenvalue weighted by atomic mass is 19.1. The van der Waals surface area contributed by atoms with Crippen LogP contribution < -0.4 is 5.32 Å². The topological polar surface area (TPSA) is 58.6 Å². The molecule has 1 amide bonds. The third-order valence-electron chi connectivity index (χ3n) is 2.66. The van der Waals surface area contributed by atoms with Gasteiger partial charge < -0.3 is 15.2 Å². The lowest BCUT2D eigenvalue weighted by Crippen LogP contribution is -2.45. The second-order valence-corrected chi connectivity index (χ2v) is 5.98. The van der Waals surface area contributed by atoms with Crippen molar-refractivity contribution in [2.24, 2.45) is 0 Å². The van der Waals surface area contributed by atoms with Gasteiger partial charge >= 0.3 is 6.09 Å². The molecule has 0 unspecified atom stereocenters. The van der Waals surface area contributed by atoms with Crippen LogP contribution in [0.25, 0.3) is 0 Å². The van der Waals surface area contributed by atoms with E-state index in [4.69, 9.17) is 4.74 Å². The van der Waals surface area contributed by atoms with E-state index in [2.05, 4.69) is 5.32 Å². The molecule has 0 bridgehead atoms. The van der Waals surface area contributed by atoms with Crippen molar-refractivity contribution in [1.29, 1.82) is 0 Å². The van der Waals surface area contributed by atoms with Crippen LogP contribution in [0.3, 0.4) is 0 Å². The summed E-state index contributed by atoms with van der Waals surface area (Å²) in [6.07, 6.45) is -1.50. The minimum absolute atomic E-state index is 0.0889. The van der Waals surface area contributed by atoms with Gasteiger partial charge in [0, 0.05) is 6.07 Å². The number of aliphatic hydroxyl groups excluding tert-OH is 1. The second kappa shape index (κ2) is 6.85. The molecular weight excluding hydrogens is 280 g/mol. The number of amides is 1. The Morgan fingerprint density at radius 1 is 1.29 bits per heavy atom. The van der Waals surface area contributed by atoms with Crippen molar-refractivity contribution in [2.45, 2.75) is 51.9 Å². The highest BCUT2D eigenvalue weighted by Crippen LogP contribution is 2.13. The van der Waals surface area contributed by atoms with Crippen LogP contribution in [0.15, 0.2) is 18.2 Å². The summed E-state index contributed by atoms with van der Waals surface area (Å²) < 4.78 is 31.4. The zero-order valence-electron chi connectivity index (χ0n) is 12.6. The zero-order chi connectivity index (χ0) is 16.2. The van der Waals surface area contributed by atoms with Gasteiger partial charge in [-0.15, -0.1) is 0 Å². The summed E-state index contributed by atoms with van der Waals surface area (Å²) >= 11 is 0. The molecule has 2 atom stereocenters. The molecule has 6 heteroatoms. The number of ether oxygens (including phenoxy) is 1. The fourth-order valence-corrected chi connectivity index (χ4v) is 1.78. The molecule has 1 aromatic rings. The number of halogens is 2. The fraction of sp³-hybridized carbons (Fsp3) is 0.533. The maximum absolute atomic E-state index is 13.1. The summed E-state index contributed by atoms with van der Waals surface area (Å²) in [7, 11) is 0. The molecule has 0 aliphatic carbocycles. The van der Waals surface area contributed by atoms with Crippen molar-refractivity contribution in [3.8, 4) is 0 Å². The molecule has 0 aliphatic rings. The molecule has 0 aromatic heterocycles. The van der Waals surface area contributed by atoms with Crippen LogP contribution in [0.4, 0.5) is 13.6 Å². The Morgan fingerprint density at radius 2 is 1.81 bits per heavy atom. The van der Waals surface area contributed by atoms with Crippen LogP contribution in [0.2, 0.25) is 0 Å². The van der Waals surface area contributed by atoms with Crippen molar-refractivity contribution in [3.63, 3.8) is 0 Å². The highest BCUT2D eigenvalue weighted by molar-refractivity contribution is 5.68. The number of hydrogen-bond acceptors (Lipinski definition) is 3. The Balaban J connectivity index is 2.76. The van der Waals surface area contributed by atoms with Crippen molar-refractivity contribution >= 4 is 6.09 Å².